The third kappa shape index (κ3) is 9.15. The standard InChI is InChI=1S/C33H38O12/c1-8-26(22-10-14-24(15-11-22)40-18(3)34)27(9-2)23-12-16-25(17-13-23)44-33-31(43-21(6)37)29(42-20(5)36)28(41-19(4)35)30(45-33)32(38)39-7/h10-17,28-31,33H,8-9H2,1-7H3/b27-26+/t28-,29-,30-,31+,33?/m0/s1. The molecule has 1 saturated heterocycles. The Labute approximate surface area is 261 Å². The quantitative estimate of drug-likeness (QED) is 0.150. The third-order valence-corrected chi connectivity index (χ3v) is 6.83. The molecule has 0 amide bonds. The summed E-state index contributed by atoms with van der Waals surface area (Å²) in [7, 11) is 1.11. The fraction of sp³-hybridized carbons (Fsp3) is 0.424. The Morgan fingerprint density at radius 3 is 1.49 bits per heavy atom. The van der Waals surface area contributed by atoms with Crippen LogP contribution in [0.5, 0.6) is 11.5 Å². The monoisotopic (exact) mass is 626 g/mol. The average Bonchev–Trinajstić information content (AvgIpc) is 2.98. The predicted molar refractivity (Wildman–Crippen MR) is 160 cm³/mol. The van der Waals surface area contributed by atoms with E-state index in [0.29, 0.717) is 5.75 Å². The van der Waals surface area contributed by atoms with Crippen molar-refractivity contribution in [3.8, 4) is 11.5 Å². The highest BCUT2D eigenvalue weighted by Crippen LogP contribution is 2.35. The van der Waals surface area contributed by atoms with Crippen molar-refractivity contribution in [2.75, 3.05) is 7.11 Å². The van der Waals surface area contributed by atoms with Crippen LogP contribution in [0.1, 0.15) is 65.5 Å². The predicted octanol–water partition coefficient (Wildman–Crippen LogP) is 4.41. The van der Waals surface area contributed by atoms with Crippen LogP contribution in [0.4, 0.5) is 0 Å². The summed E-state index contributed by atoms with van der Waals surface area (Å²) in [6, 6.07) is 14.4. The van der Waals surface area contributed by atoms with E-state index in [4.69, 9.17) is 33.2 Å². The van der Waals surface area contributed by atoms with Gasteiger partial charge in [0.25, 0.3) is 0 Å². The Kier molecular flexibility index (Phi) is 12.2. The van der Waals surface area contributed by atoms with Crippen molar-refractivity contribution >= 4 is 41.0 Å². The zero-order valence-electron chi connectivity index (χ0n) is 26.3. The van der Waals surface area contributed by atoms with E-state index >= 15 is 0 Å². The highest BCUT2D eigenvalue weighted by molar-refractivity contribution is 5.91. The molecule has 1 fully saturated rings. The Bertz CT molecular complexity index is 1410. The Morgan fingerprint density at radius 2 is 1.07 bits per heavy atom. The number of hydrogen-bond donors (Lipinski definition) is 0. The van der Waals surface area contributed by atoms with E-state index in [1.54, 1.807) is 24.3 Å². The van der Waals surface area contributed by atoms with Gasteiger partial charge in [-0.1, -0.05) is 38.1 Å². The number of rotatable bonds is 11. The van der Waals surface area contributed by atoms with Gasteiger partial charge in [-0.2, -0.15) is 0 Å². The second-order valence-corrected chi connectivity index (χ2v) is 10.1. The summed E-state index contributed by atoms with van der Waals surface area (Å²) >= 11 is 0. The summed E-state index contributed by atoms with van der Waals surface area (Å²) in [5, 5.41) is 0. The van der Waals surface area contributed by atoms with Gasteiger partial charge in [0.2, 0.25) is 12.4 Å². The summed E-state index contributed by atoms with van der Waals surface area (Å²) in [6.07, 6.45) is -5.91. The number of ether oxygens (including phenoxy) is 7. The van der Waals surface area contributed by atoms with Gasteiger partial charge in [0.05, 0.1) is 7.11 Å². The second-order valence-electron chi connectivity index (χ2n) is 10.1. The van der Waals surface area contributed by atoms with Crippen LogP contribution in [0.2, 0.25) is 0 Å². The molecule has 1 aliphatic heterocycles. The van der Waals surface area contributed by atoms with Crippen LogP contribution < -0.4 is 9.47 Å². The summed E-state index contributed by atoms with van der Waals surface area (Å²) in [5.41, 5.74) is 4.10. The number of allylic oxidation sites excluding steroid dienone is 2. The van der Waals surface area contributed by atoms with Gasteiger partial charge in [-0.3, -0.25) is 19.2 Å². The van der Waals surface area contributed by atoms with Crippen molar-refractivity contribution in [1.82, 2.24) is 0 Å². The van der Waals surface area contributed by atoms with Crippen molar-refractivity contribution in [3.63, 3.8) is 0 Å². The molecule has 45 heavy (non-hydrogen) atoms. The highest BCUT2D eigenvalue weighted by Gasteiger charge is 2.55. The third-order valence-electron chi connectivity index (χ3n) is 6.83. The van der Waals surface area contributed by atoms with Crippen molar-refractivity contribution in [1.29, 1.82) is 0 Å². The molecule has 0 aliphatic carbocycles. The molecule has 0 saturated carbocycles. The Hall–Kier alpha value is -4.71. The topological polar surface area (TPSA) is 150 Å². The van der Waals surface area contributed by atoms with Crippen LogP contribution in [0.15, 0.2) is 48.5 Å². The highest BCUT2D eigenvalue weighted by atomic mass is 16.7. The lowest BCUT2D eigenvalue weighted by Gasteiger charge is -2.43. The number of carbonyl (C=O) groups is 5. The molecule has 0 N–H and O–H groups in total. The smallest absolute Gasteiger partial charge is 0.339 e. The molecule has 0 aromatic heterocycles. The number of methoxy groups -OCH3 is 1. The van der Waals surface area contributed by atoms with E-state index in [2.05, 4.69) is 6.92 Å². The summed E-state index contributed by atoms with van der Waals surface area (Å²) in [4.78, 5) is 60.0. The lowest BCUT2D eigenvalue weighted by atomic mass is 9.91. The fourth-order valence-corrected chi connectivity index (χ4v) is 5.12. The molecule has 0 bridgehead atoms. The van der Waals surface area contributed by atoms with Crippen molar-refractivity contribution in [2.45, 2.75) is 85.1 Å². The molecule has 0 radical (unpaired) electrons. The van der Waals surface area contributed by atoms with Crippen LogP contribution in [-0.2, 0) is 47.7 Å². The summed E-state index contributed by atoms with van der Waals surface area (Å²) in [6.45, 7) is 8.80. The number of esters is 5. The first-order valence-electron chi connectivity index (χ1n) is 14.4. The molecule has 1 aliphatic rings. The van der Waals surface area contributed by atoms with Gasteiger partial charge < -0.3 is 33.2 Å². The van der Waals surface area contributed by atoms with Gasteiger partial charge in [0.15, 0.2) is 18.3 Å². The Balaban J connectivity index is 1.96. The van der Waals surface area contributed by atoms with E-state index in [1.807, 2.05) is 31.2 Å². The van der Waals surface area contributed by atoms with Crippen LogP contribution >= 0.6 is 0 Å². The molecule has 1 heterocycles. The molecule has 12 nitrogen and oxygen atoms in total. The first kappa shape index (κ1) is 34.8. The second kappa shape index (κ2) is 15.8. The molecule has 3 rings (SSSR count). The largest absolute Gasteiger partial charge is 0.467 e. The lowest BCUT2D eigenvalue weighted by Crippen LogP contribution is -2.64. The normalized spacial score (nSPS) is 21.4. The van der Waals surface area contributed by atoms with Gasteiger partial charge in [-0.15, -0.1) is 0 Å². The molecule has 2 aromatic carbocycles. The van der Waals surface area contributed by atoms with Gasteiger partial charge >= 0.3 is 29.8 Å². The maximum atomic E-state index is 12.7. The molecule has 5 atom stereocenters. The van der Waals surface area contributed by atoms with Gasteiger partial charge in [-0.05, 0) is 59.4 Å². The Morgan fingerprint density at radius 1 is 0.622 bits per heavy atom. The van der Waals surface area contributed by atoms with Crippen molar-refractivity contribution in [3.05, 3.63) is 59.7 Å². The SMILES string of the molecule is CC/C(=C(/CC)c1ccc(OC2O[C@H](C(=O)OC)[C@@H](OC(C)=O)[C@H](OC(C)=O)[C@H]2OC(C)=O)cc1)c1ccc(OC(C)=O)cc1. The van der Waals surface area contributed by atoms with E-state index in [1.165, 1.54) is 6.92 Å². The van der Waals surface area contributed by atoms with E-state index in [9.17, 15) is 24.0 Å². The van der Waals surface area contributed by atoms with Crippen LogP contribution in [0.25, 0.3) is 11.1 Å². The van der Waals surface area contributed by atoms with Crippen molar-refractivity contribution < 1.29 is 57.1 Å². The average molecular weight is 627 g/mol. The van der Waals surface area contributed by atoms with E-state index < -0.39 is 60.6 Å². The zero-order chi connectivity index (χ0) is 33.3. The van der Waals surface area contributed by atoms with Gasteiger partial charge in [0.1, 0.15) is 11.5 Å². The molecule has 2 aromatic rings. The first-order chi connectivity index (χ1) is 21.4. The number of carbonyl (C=O) groups excluding carboxylic acids is 5. The minimum absolute atomic E-state index is 0.288. The molecule has 1 unspecified atom stereocenters. The number of benzene rings is 2. The van der Waals surface area contributed by atoms with Crippen molar-refractivity contribution in [2.24, 2.45) is 0 Å². The molecule has 242 valence electrons. The van der Waals surface area contributed by atoms with Crippen LogP contribution in [-0.4, -0.2) is 67.7 Å². The maximum absolute atomic E-state index is 12.7. The molecular weight excluding hydrogens is 588 g/mol. The lowest BCUT2D eigenvalue weighted by molar-refractivity contribution is -0.282. The zero-order valence-corrected chi connectivity index (χ0v) is 26.3. The molecular formula is C33H38O12. The van der Waals surface area contributed by atoms with E-state index in [0.717, 1.165) is 63.0 Å². The minimum atomic E-state index is -1.56. The fourth-order valence-electron chi connectivity index (χ4n) is 5.12. The molecule has 12 heteroatoms. The molecule has 0 spiro atoms. The van der Waals surface area contributed by atoms with Crippen LogP contribution in [0.3, 0.4) is 0 Å². The first-order valence-corrected chi connectivity index (χ1v) is 14.4. The summed E-state index contributed by atoms with van der Waals surface area (Å²) < 4.78 is 38.0. The van der Waals surface area contributed by atoms with Crippen LogP contribution in [0, 0.1) is 0 Å². The summed E-state index contributed by atoms with van der Waals surface area (Å²) in [5.74, 6) is -2.90. The minimum Gasteiger partial charge on any atom is -0.467 e. The van der Waals surface area contributed by atoms with Gasteiger partial charge in [-0.25, -0.2) is 4.79 Å². The maximum Gasteiger partial charge on any atom is 0.339 e. The van der Waals surface area contributed by atoms with E-state index in [-0.39, 0.29) is 5.75 Å². The number of hydrogen-bond acceptors (Lipinski definition) is 12. The van der Waals surface area contributed by atoms with Gasteiger partial charge in [0, 0.05) is 27.7 Å².